The van der Waals surface area contributed by atoms with E-state index in [2.05, 4.69) is 11.3 Å². The number of likely N-dealkylation sites (N-methyl/N-ethyl adjacent to an activating group) is 1. The van der Waals surface area contributed by atoms with Gasteiger partial charge in [-0.15, -0.1) is 6.58 Å². The first kappa shape index (κ1) is 10.1. The molecule has 0 saturated carbocycles. The van der Waals surface area contributed by atoms with Crippen molar-refractivity contribution in [2.75, 3.05) is 27.1 Å². The number of carbonyl (C=O) groups excluding carboxylic acids is 1. The maximum atomic E-state index is 11.4. The van der Waals surface area contributed by atoms with Crippen molar-refractivity contribution in [3.8, 4) is 0 Å². The molecule has 64 valence electrons. The normalized spacial score (nSPS) is 9.27. The van der Waals surface area contributed by atoms with Crippen LogP contribution in [0, 0.1) is 0 Å². The molecule has 1 amide bonds. The summed E-state index contributed by atoms with van der Waals surface area (Å²) in [6.45, 7) is 2.78. The molecule has 0 aliphatic carbocycles. The highest BCUT2D eigenvalue weighted by Gasteiger charge is 2.05. The minimum atomic E-state index is -0.923. The smallest absolute Gasteiger partial charge is 0.248 e. The van der Waals surface area contributed by atoms with Crippen molar-refractivity contribution in [2.45, 2.75) is 0 Å². The molecule has 0 atom stereocenters. The second kappa shape index (κ2) is 5.85. The third-order valence-electron chi connectivity index (χ3n) is 1.13. The van der Waals surface area contributed by atoms with Crippen LogP contribution in [0.5, 0.6) is 0 Å². The Kier molecular flexibility index (Phi) is 5.37. The zero-order chi connectivity index (χ0) is 8.69. The van der Waals surface area contributed by atoms with E-state index in [1.54, 1.807) is 13.1 Å². The quantitative estimate of drug-likeness (QED) is 0.552. The summed E-state index contributed by atoms with van der Waals surface area (Å²) in [4.78, 5) is 12.3. The Bertz CT molecular complexity index is 138. The first-order valence-electron chi connectivity index (χ1n) is 3.21. The maximum absolute atomic E-state index is 11.4. The van der Waals surface area contributed by atoms with E-state index in [1.807, 2.05) is 0 Å². The Morgan fingerprint density at radius 2 is 2.45 bits per heavy atom. The number of halogens is 1. The summed E-state index contributed by atoms with van der Waals surface area (Å²) in [5.74, 6) is -0.248. The molecular formula is C7H12FNO2. The minimum Gasteiger partial charge on any atom is -0.341 e. The number of amides is 1. The van der Waals surface area contributed by atoms with Gasteiger partial charge in [0.15, 0.2) is 6.86 Å². The second-order valence-corrected chi connectivity index (χ2v) is 2.02. The molecular weight excluding hydrogens is 149 g/mol. The van der Waals surface area contributed by atoms with Crippen molar-refractivity contribution < 1.29 is 13.9 Å². The number of nitrogens with zero attached hydrogens (tertiary/aromatic N) is 1. The van der Waals surface area contributed by atoms with Gasteiger partial charge in [0.25, 0.3) is 0 Å². The molecule has 0 unspecified atom stereocenters. The standard InChI is InChI=1S/C7H12FNO2/c1-3-4-9(2)7(10)5-11-6-8/h3H,1,4-6H2,2H3. The highest BCUT2D eigenvalue weighted by atomic mass is 19.1. The van der Waals surface area contributed by atoms with E-state index in [9.17, 15) is 9.18 Å². The van der Waals surface area contributed by atoms with E-state index >= 15 is 0 Å². The van der Waals surface area contributed by atoms with Gasteiger partial charge in [-0.25, -0.2) is 4.39 Å². The third-order valence-corrected chi connectivity index (χ3v) is 1.13. The molecule has 0 saturated heterocycles. The Hall–Kier alpha value is -0.900. The largest absolute Gasteiger partial charge is 0.341 e. The second-order valence-electron chi connectivity index (χ2n) is 2.02. The van der Waals surface area contributed by atoms with Crippen LogP contribution < -0.4 is 0 Å². The summed E-state index contributed by atoms with van der Waals surface area (Å²) >= 11 is 0. The molecule has 0 aliphatic rings. The molecule has 0 heterocycles. The number of alkyl halides is 1. The van der Waals surface area contributed by atoms with Crippen molar-refractivity contribution >= 4 is 5.91 Å². The minimum absolute atomic E-state index is 0.208. The summed E-state index contributed by atoms with van der Waals surface area (Å²) in [7, 11) is 1.60. The predicted octanol–water partition coefficient (Wildman–Crippen LogP) is 0.574. The van der Waals surface area contributed by atoms with Gasteiger partial charge in [0.05, 0.1) is 0 Å². The van der Waals surface area contributed by atoms with Crippen LogP contribution in [0.15, 0.2) is 12.7 Å². The number of hydrogen-bond acceptors (Lipinski definition) is 2. The van der Waals surface area contributed by atoms with Crippen LogP contribution in [-0.4, -0.2) is 37.9 Å². The summed E-state index contributed by atoms with van der Waals surface area (Å²) in [5.41, 5.74) is 0. The van der Waals surface area contributed by atoms with Crippen molar-refractivity contribution in [1.82, 2.24) is 4.90 Å². The summed E-state index contributed by atoms with van der Waals surface area (Å²) in [6, 6.07) is 0. The Balaban J connectivity index is 3.54. The maximum Gasteiger partial charge on any atom is 0.248 e. The molecule has 0 spiro atoms. The van der Waals surface area contributed by atoms with Crippen LogP contribution >= 0.6 is 0 Å². The van der Waals surface area contributed by atoms with Crippen LogP contribution in [-0.2, 0) is 9.53 Å². The highest BCUT2D eigenvalue weighted by Crippen LogP contribution is 1.86. The van der Waals surface area contributed by atoms with E-state index in [1.165, 1.54) is 4.90 Å². The van der Waals surface area contributed by atoms with Crippen LogP contribution in [0.1, 0.15) is 0 Å². The Morgan fingerprint density at radius 1 is 1.82 bits per heavy atom. The zero-order valence-corrected chi connectivity index (χ0v) is 6.55. The van der Waals surface area contributed by atoms with Gasteiger partial charge in [0.1, 0.15) is 6.61 Å². The fourth-order valence-corrected chi connectivity index (χ4v) is 0.532. The van der Waals surface area contributed by atoms with Gasteiger partial charge < -0.3 is 9.64 Å². The van der Waals surface area contributed by atoms with E-state index in [-0.39, 0.29) is 12.5 Å². The molecule has 4 heteroatoms. The zero-order valence-electron chi connectivity index (χ0n) is 6.55. The average molecular weight is 161 g/mol. The van der Waals surface area contributed by atoms with Gasteiger partial charge in [-0.1, -0.05) is 6.08 Å². The van der Waals surface area contributed by atoms with Gasteiger partial charge in [0, 0.05) is 13.6 Å². The van der Waals surface area contributed by atoms with Gasteiger partial charge >= 0.3 is 0 Å². The lowest BCUT2D eigenvalue weighted by Crippen LogP contribution is -2.30. The monoisotopic (exact) mass is 161 g/mol. The van der Waals surface area contributed by atoms with Gasteiger partial charge in [-0.3, -0.25) is 4.79 Å². The van der Waals surface area contributed by atoms with Crippen molar-refractivity contribution in [3.05, 3.63) is 12.7 Å². The predicted molar refractivity (Wildman–Crippen MR) is 39.8 cm³/mol. The molecule has 0 rings (SSSR count). The third kappa shape index (κ3) is 4.50. The number of rotatable bonds is 5. The average Bonchev–Trinajstić information content (AvgIpc) is 2.00. The summed E-state index contributed by atoms with van der Waals surface area (Å²) < 4.78 is 15.7. The van der Waals surface area contributed by atoms with Crippen LogP contribution in [0.25, 0.3) is 0 Å². The lowest BCUT2D eigenvalue weighted by atomic mass is 10.5. The van der Waals surface area contributed by atoms with Gasteiger partial charge in [-0.05, 0) is 0 Å². The van der Waals surface area contributed by atoms with Crippen LogP contribution in [0.3, 0.4) is 0 Å². The Labute approximate surface area is 65.4 Å². The topological polar surface area (TPSA) is 29.5 Å². The molecule has 0 bridgehead atoms. The lowest BCUT2D eigenvalue weighted by Gasteiger charge is -2.13. The fourth-order valence-electron chi connectivity index (χ4n) is 0.532. The van der Waals surface area contributed by atoms with Gasteiger partial charge in [0.2, 0.25) is 5.91 Å². The molecule has 0 N–H and O–H groups in total. The number of hydrogen-bond donors (Lipinski definition) is 0. The molecule has 0 aromatic carbocycles. The van der Waals surface area contributed by atoms with E-state index in [0.29, 0.717) is 6.54 Å². The Morgan fingerprint density at radius 3 is 2.91 bits per heavy atom. The van der Waals surface area contributed by atoms with E-state index in [0.717, 1.165) is 0 Å². The molecule has 11 heavy (non-hydrogen) atoms. The van der Waals surface area contributed by atoms with Crippen molar-refractivity contribution in [2.24, 2.45) is 0 Å². The van der Waals surface area contributed by atoms with Gasteiger partial charge in [-0.2, -0.15) is 0 Å². The molecule has 3 nitrogen and oxygen atoms in total. The van der Waals surface area contributed by atoms with Crippen molar-refractivity contribution in [3.63, 3.8) is 0 Å². The molecule has 0 radical (unpaired) electrons. The molecule has 0 aliphatic heterocycles. The van der Waals surface area contributed by atoms with E-state index < -0.39 is 6.86 Å². The number of ether oxygens (including phenoxy) is 1. The summed E-state index contributed by atoms with van der Waals surface area (Å²) in [6.07, 6.45) is 1.59. The lowest BCUT2D eigenvalue weighted by molar-refractivity contribution is -0.135. The fraction of sp³-hybridized carbons (Fsp3) is 0.571. The van der Waals surface area contributed by atoms with E-state index in [4.69, 9.17) is 0 Å². The molecule has 0 aromatic rings. The first-order valence-corrected chi connectivity index (χ1v) is 3.21. The molecule has 0 fully saturated rings. The first-order chi connectivity index (χ1) is 5.22. The molecule has 0 aromatic heterocycles. The van der Waals surface area contributed by atoms with Crippen LogP contribution in [0.4, 0.5) is 4.39 Å². The SMILES string of the molecule is C=CCN(C)C(=O)COCF. The number of carbonyl (C=O) groups is 1. The highest BCUT2D eigenvalue weighted by molar-refractivity contribution is 5.77. The van der Waals surface area contributed by atoms with Crippen molar-refractivity contribution in [1.29, 1.82) is 0 Å². The van der Waals surface area contributed by atoms with Crippen LogP contribution in [0.2, 0.25) is 0 Å². The summed E-state index contributed by atoms with van der Waals surface area (Å²) in [5, 5.41) is 0.